The number of hydrogen-bond acceptors (Lipinski definition) is 3. The third-order valence-corrected chi connectivity index (χ3v) is 6.30. The minimum Gasteiger partial charge on any atom is -0.492 e. The van der Waals surface area contributed by atoms with Crippen LogP contribution in [0.4, 0.5) is 0 Å². The van der Waals surface area contributed by atoms with Gasteiger partial charge in [0, 0.05) is 24.6 Å². The average molecular weight is 420 g/mol. The number of benzene rings is 1. The molecule has 3 rings (SSSR count). The number of hydrogen-bond donors (Lipinski definition) is 1. The summed E-state index contributed by atoms with van der Waals surface area (Å²) in [4.78, 5) is 25.3. The quantitative estimate of drug-likeness (QED) is 0.631. The van der Waals surface area contributed by atoms with Crippen molar-refractivity contribution >= 4 is 23.5 Å². The van der Waals surface area contributed by atoms with Gasteiger partial charge in [-0.25, -0.2) is 0 Å². The largest absolute Gasteiger partial charge is 0.492 e. The van der Waals surface area contributed by atoms with E-state index in [0.717, 1.165) is 37.7 Å². The van der Waals surface area contributed by atoms with Crippen LogP contribution in [0.1, 0.15) is 64.4 Å². The molecule has 2 aliphatic rings. The van der Waals surface area contributed by atoms with Crippen LogP contribution < -0.4 is 4.74 Å². The molecule has 1 aliphatic heterocycles. The second kappa shape index (κ2) is 9.21. The summed E-state index contributed by atoms with van der Waals surface area (Å²) in [5.41, 5.74) is 1.92. The maximum Gasteiger partial charge on any atom is 0.305 e. The van der Waals surface area contributed by atoms with E-state index in [1.165, 1.54) is 5.57 Å². The molecule has 0 aromatic heterocycles. The van der Waals surface area contributed by atoms with E-state index in [0.29, 0.717) is 29.7 Å². The molecule has 1 aromatic rings. The van der Waals surface area contributed by atoms with E-state index in [4.69, 9.17) is 21.4 Å². The molecule has 1 aromatic carbocycles. The Labute approximate surface area is 177 Å². The van der Waals surface area contributed by atoms with Gasteiger partial charge in [0.05, 0.1) is 18.1 Å². The minimum absolute atomic E-state index is 0.0229. The van der Waals surface area contributed by atoms with Crippen molar-refractivity contribution in [1.82, 2.24) is 4.90 Å². The Morgan fingerprint density at radius 2 is 2.14 bits per heavy atom. The fourth-order valence-electron chi connectivity index (χ4n) is 4.31. The molecule has 6 heteroatoms. The fraction of sp³-hybridized carbons (Fsp3) is 0.565. The molecule has 29 heavy (non-hydrogen) atoms. The molecule has 1 saturated carbocycles. The van der Waals surface area contributed by atoms with Gasteiger partial charge in [-0.3, -0.25) is 9.59 Å². The summed E-state index contributed by atoms with van der Waals surface area (Å²) in [5, 5.41) is 9.53. The summed E-state index contributed by atoms with van der Waals surface area (Å²) in [6.45, 7) is 5.16. The van der Waals surface area contributed by atoms with Crippen LogP contribution >= 0.6 is 11.6 Å². The van der Waals surface area contributed by atoms with Crippen LogP contribution in [0.25, 0.3) is 0 Å². The smallest absolute Gasteiger partial charge is 0.305 e. The standard InChI is InChI=1S/C23H30ClNO4/c1-16(2)9-12-29-20-7-6-17(13-19(20)24)23-10-4-3-5-18(23)15-25(21(26)14-23)11-8-22(27)28/h6-7,13,15-16H,3-5,8-12,14H2,1-2H3,(H,27,28). The lowest BCUT2D eigenvalue weighted by Crippen LogP contribution is -2.44. The second-order valence-corrected chi connectivity index (χ2v) is 8.93. The highest BCUT2D eigenvalue weighted by atomic mass is 35.5. The molecule has 5 nitrogen and oxygen atoms in total. The normalized spacial score (nSPS) is 21.7. The molecule has 0 saturated heterocycles. The lowest BCUT2D eigenvalue weighted by Gasteiger charge is -2.45. The highest BCUT2D eigenvalue weighted by Crippen LogP contribution is 2.49. The monoisotopic (exact) mass is 419 g/mol. The Bertz CT molecular complexity index is 804. The molecule has 1 atom stereocenters. The number of carbonyl (C=O) groups excluding carboxylic acids is 1. The molecule has 1 amide bonds. The Morgan fingerprint density at radius 1 is 1.34 bits per heavy atom. The van der Waals surface area contributed by atoms with Crippen LogP contribution in [-0.2, 0) is 15.0 Å². The molecule has 1 fully saturated rings. The number of halogens is 1. The molecular weight excluding hydrogens is 390 g/mol. The second-order valence-electron chi connectivity index (χ2n) is 8.53. The molecule has 158 valence electrons. The van der Waals surface area contributed by atoms with E-state index in [1.807, 2.05) is 24.4 Å². The molecule has 1 aliphatic carbocycles. The summed E-state index contributed by atoms with van der Waals surface area (Å²) in [7, 11) is 0. The van der Waals surface area contributed by atoms with Crippen molar-refractivity contribution in [3.8, 4) is 5.75 Å². The van der Waals surface area contributed by atoms with Crippen molar-refractivity contribution in [2.45, 2.75) is 64.2 Å². The van der Waals surface area contributed by atoms with Crippen LogP contribution in [-0.4, -0.2) is 35.0 Å². The highest BCUT2D eigenvalue weighted by molar-refractivity contribution is 6.32. The highest BCUT2D eigenvalue weighted by Gasteiger charge is 2.44. The Kier molecular flexibility index (Phi) is 6.89. The van der Waals surface area contributed by atoms with Crippen LogP contribution in [0, 0.1) is 5.92 Å². The molecule has 0 bridgehead atoms. The van der Waals surface area contributed by atoms with E-state index in [-0.39, 0.29) is 24.3 Å². The first-order chi connectivity index (χ1) is 13.8. The SMILES string of the molecule is CC(C)CCOc1ccc(C23CCCCC2=CN(CCC(=O)O)C(=O)C3)cc1Cl. The van der Waals surface area contributed by atoms with Gasteiger partial charge >= 0.3 is 5.97 Å². The third kappa shape index (κ3) is 4.95. The van der Waals surface area contributed by atoms with Crippen LogP contribution in [0.5, 0.6) is 5.75 Å². The first-order valence-corrected chi connectivity index (χ1v) is 10.8. The lowest BCUT2D eigenvalue weighted by molar-refractivity contribution is -0.138. The first-order valence-electron chi connectivity index (χ1n) is 10.5. The van der Waals surface area contributed by atoms with Crippen molar-refractivity contribution in [3.63, 3.8) is 0 Å². The van der Waals surface area contributed by atoms with Gasteiger partial charge in [0.15, 0.2) is 0 Å². The number of carbonyl (C=O) groups is 2. The Balaban J connectivity index is 1.85. The van der Waals surface area contributed by atoms with Gasteiger partial charge in [-0.2, -0.15) is 0 Å². The fourth-order valence-corrected chi connectivity index (χ4v) is 4.54. The predicted octanol–water partition coefficient (Wildman–Crippen LogP) is 5.17. The van der Waals surface area contributed by atoms with E-state index < -0.39 is 5.97 Å². The molecule has 1 heterocycles. The predicted molar refractivity (Wildman–Crippen MR) is 113 cm³/mol. The van der Waals surface area contributed by atoms with E-state index in [1.54, 1.807) is 4.90 Å². The van der Waals surface area contributed by atoms with Gasteiger partial charge in [0.2, 0.25) is 5.91 Å². The van der Waals surface area contributed by atoms with Crippen molar-refractivity contribution in [2.24, 2.45) is 5.92 Å². The number of ether oxygens (including phenoxy) is 1. The van der Waals surface area contributed by atoms with E-state index in [9.17, 15) is 9.59 Å². The van der Waals surface area contributed by atoms with Crippen LogP contribution in [0.3, 0.4) is 0 Å². The van der Waals surface area contributed by atoms with Crippen LogP contribution in [0.15, 0.2) is 30.0 Å². The molecule has 1 N–H and O–H groups in total. The zero-order valence-corrected chi connectivity index (χ0v) is 18.0. The van der Waals surface area contributed by atoms with Gasteiger partial charge in [-0.15, -0.1) is 0 Å². The van der Waals surface area contributed by atoms with Gasteiger partial charge in [-0.1, -0.05) is 37.9 Å². The number of nitrogens with zero attached hydrogens (tertiary/aromatic N) is 1. The van der Waals surface area contributed by atoms with Crippen LogP contribution in [0.2, 0.25) is 5.02 Å². The minimum atomic E-state index is -0.892. The van der Waals surface area contributed by atoms with E-state index >= 15 is 0 Å². The summed E-state index contributed by atoms with van der Waals surface area (Å²) in [5.74, 6) is 0.333. The number of fused-ring (bicyclic) bond motifs is 1. The maximum absolute atomic E-state index is 12.8. The summed E-state index contributed by atoms with van der Waals surface area (Å²) < 4.78 is 5.84. The Morgan fingerprint density at radius 3 is 2.83 bits per heavy atom. The number of carboxylic acid groups (broad SMARTS) is 1. The zero-order chi connectivity index (χ0) is 21.0. The number of rotatable bonds is 8. The van der Waals surface area contributed by atoms with Crippen molar-refractivity contribution in [3.05, 3.63) is 40.6 Å². The van der Waals surface area contributed by atoms with E-state index in [2.05, 4.69) is 13.8 Å². The molecule has 0 radical (unpaired) electrons. The molecule has 0 spiro atoms. The number of allylic oxidation sites excluding steroid dienone is 1. The van der Waals surface area contributed by atoms with Crippen molar-refractivity contribution in [1.29, 1.82) is 0 Å². The van der Waals surface area contributed by atoms with Gasteiger partial charge in [0.25, 0.3) is 0 Å². The average Bonchev–Trinajstić information content (AvgIpc) is 2.67. The topological polar surface area (TPSA) is 66.8 Å². The third-order valence-electron chi connectivity index (χ3n) is 6.00. The Hall–Kier alpha value is -2.01. The molecular formula is C23H30ClNO4. The van der Waals surface area contributed by atoms with Gasteiger partial charge in [-0.05, 0) is 54.9 Å². The summed E-state index contributed by atoms with van der Waals surface area (Å²) in [6, 6.07) is 5.90. The number of aliphatic carboxylic acids is 1. The zero-order valence-electron chi connectivity index (χ0n) is 17.2. The van der Waals surface area contributed by atoms with Gasteiger partial charge in [0.1, 0.15) is 5.75 Å². The summed E-state index contributed by atoms with van der Waals surface area (Å²) >= 11 is 6.54. The first kappa shape index (κ1) is 21.7. The number of amides is 1. The van der Waals surface area contributed by atoms with Gasteiger partial charge < -0.3 is 14.7 Å². The van der Waals surface area contributed by atoms with Crippen molar-refractivity contribution in [2.75, 3.05) is 13.2 Å². The summed E-state index contributed by atoms with van der Waals surface area (Å²) in [6.07, 6.45) is 7.15. The number of carboxylic acids is 1. The van der Waals surface area contributed by atoms with Crippen molar-refractivity contribution < 1.29 is 19.4 Å². The maximum atomic E-state index is 12.8. The molecule has 1 unspecified atom stereocenters. The lowest BCUT2D eigenvalue weighted by atomic mass is 9.63.